The van der Waals surface area contributed by atoms with Gasteiger partial charge in [0, 0.05) is 55.5 Å². The van der Waals surface area contributed by atoms with Crippen molar-refractivity contribution in [2.24, 2.45) is 22.2 Å². The van der Waals surface area contributed by atoms with Crippen LogP contribution < -0.4 is 16.0 Å². The first-order valence-corrected chi connectivity index (χ1v) is 22.3. The molecule has 4 atom stereocenters. The molecule has 1 spiro atoms. The van der Waals surface area contributed by atoms with E-state index in [2.05, 4.69) is 16.0 Å². The molecular formula is C48H63N7O10. The van der Waals surface area contributed by atoms with E-state index in [4.69, 9.17) is 19.2 Å². The van der Waals surface area contributed by atoms with Crippen LogP contribution in [0.5, 0.6) is 0 Å². The Morgan fingerprint density at radius 2 is 1.31 bits per heavy atom. The Bertz CT molecular complexity index is 2210. The topological polar surface area (TPSA) is 205 Å². The van der Waals surface area contributed by atoms with Gasteiger partial charge in [0.25, 0.3) is 0 Å². The summed E-state index contributed by atoms with van der Waals surface area (Å²) in [5, 5.41) is 8.04. The highest BCUT2D eigenvalue weighted by Gasteiger charge is 2.57. The number of likely N-dealkylation sites (tertiary alicyclic amines) is 3. The molecular weight excluding hydrogens is 835 g/mol. The first kappa shape index (κ1) is 48.2. The first-order chi connectivity index (χ1) is 30.7. The number of Topliss-reactive ketones (excluding diaryl/α,β-unsaturated/α-hetero) is 1. The lowest BCUT2D eigenvalue weighted by Crippen LogP contribution is -2.61. The van der Waals surface area contributed by atoms with Crippen molar-refractivity contribution in [2.45, 2.75) is 104 Å². The van der Waals surface area contributed by atoms with Crippen molar-refractivity contribution in [3.63, 3.8) is 0 Å². The highest BCUT2D eigenvalue weighted by atomic mass is 16.6. The Labute approximate surface area is 380 Å². The molecule has 0 saturated carbocycles. The minimum absolute atomic E-state index is 0.120. The zero-order valence-corrected chi connectivity index (χ0v) is 38.9. The smallest absolute Gasteiger partial charge is 0.410 e. The van der Waals surface area contributed by atoms with Crippen molar-refractivity contribution in [1.29, 1.82) is 0 Å². The number of hydrogen-bond acceptors (Lipinski definition) is 11. The predicted molar refractivity (Wildman–Crippen MR) is 243 cm³/mol. The third-order valence-corrected chi connectivity index (χ3v) is 12.5. The number of nitrogens with zero attached hydrogens (tertiary/aromatic N) is 4. The van der Waals surface area contributed by atoms with E-state index in [1.807, 2.05) is 61.3 Å². The predicted octanol–water partition coefficient (Wildman–Crippen LogP) is 5.43. The van der Waals surface area contributed by atoms with Crippen molar-refractivity contribution in [3.05, 3.63) is 65.9 Å². The average molecular weight is 898 g/mol. The third-order valence-electron chi connectivity index (χ3n) is 12.5. The summed E-state index contributed by atoms with van der Waals surface area (Å²) in [5.74, 6) is -1.86. The van der Waals surface area contributed by atoms with Crippen LogP contribution in [0.15, 0.2) is 59.7 Å². The molecule has 350 valence electrons. The Morgan fingerprint density at radius 1 is 0.769 bits per heavy atom. The maximum absolute atomic E-state index is 14.0. The molecule has 0 bridgehead atoms. The number of carbonyl (C=O) groups excluding carboxylic acids is 7. The van der Waals surface area contributed by atoms with Crippen LogP contribution in [-0.2, 0) is 28.6 Å². The van der Waals surface area contributed by atoms with Gasteiger partial charge in [0.05, 0.1) is 26.8 Å². The highest BCUT2D eigenvalue weighted by molar-refractivity contribution is 6.04. The molecule has 6 amide bonds. The van der Waals surface area contributed by atoms with Crippen LogP contribution in [0.2, 0.25) is 0 Å². The fraction of sp³-hybridized carbons (Fsp3) is 0.542. The average Bonchev–Trinajstić information content (AvgIpc) is 4.04. The number of ketones is 1. The van der Waals surface area contributed by atoms with E-state index in [0.29, 0.717) is 18.5 Å². The Hall–Kier alpha value is -6.26. The van der Waals surface area contributed by atoms with E-state index in [0.717, 1.165) is 40.8 Å². The third kappa shape index (κ3) is 11.2. The van der Waals surface area contributed by atoms with E-state index >= 15 is 0 Å². The van der Waals surface area contributed by atoms with Crippen molar-refractivity contribution in [2.75, 3.05) is 46.9 Å². The van der Waals surface area contributed by atoms with Gasteiger partial charge in [0.2, 0.25) is 17.7 Å². The van der Waals surface area contributed by atoms with E-state index < -0.39 is 59.2 Å². The number of methoxy groups -OCH3 is 2. The van der Waals surface area contributed by atoms with Gasteiger partial charge >= 0.3 is 18.3 Å². The molecule has 2 aromatic carbocycles. The zero-order valence-electron chi connectivity index (χ0n) is 38.9. The van der Waals surface area contributed by atoms with Gasteiger partial charge < -0.3 is 44.9 Å². The lowest BCUT2D eigenvalue weighted by molar-refractivity contribution is -0.141. The lowest BCUT2D eigenvalue weighted by Gasteiger charge is -2.47. The number of alkyl carbamates (subject to hydrolysis) is 2. The van der Waals surface area contributed by atoms with Crippen LogP contribution >= 0.6 is 0 Å². The van der Waals surface area contributed by atoms with Crippen molar-refractivity contribution < 1.29 is 47.8 Å². The molecule has 65 heavy (non-hydrogen) atoms. The van der Waals surface area contributed by atoms with Gasteiger partial charge in [-0.1, -0.05) is 76.2 Å². The SMILES string of the molecule is COC(=O)N[C@H](C(=O)N1CC2(CC1C(=O)NCC(=O)c1ccc(-c3ccc(C4=CN=C([C@@H]5CCCN5C(=O)[C@@H](NC(=O)OC)C(C)C)C4)cc3)cc1)CN(C(=O)OC(C)(C)C)C2)C(C)C. The van der Waals surface area contributed by atoms with Gasteiger partial charge in [-0.2, -0.15) is 0 Å². The fourth-order valence-electron chi connectivity index (χ4n) is 9.04. The van der Waals surface area contributed by atoms with Gasteiger partial charge in [-0.25, -0.2) is 14.4 Å². The lowest BCUT2D eigenvalue weighted by atomic mass is 9.78. The van der Waals surface area contributed by atoms with Crippen LogP contribution in [0.25, 0.3) is 16.7 Å². The summed E-state index contributed by atoms with van der Waals surface area (Å²) in [6.07, 6.45) is 2.48. The minimum Gasteiger partial charge on any atom is -0.453 e. The number of carbonyl (C=O) groups is 7. The van der Waals surface area contributed by atoms with Crippen molar-refractivity contribution in [1.82, 2.24) is 30.7 Å². The van der Waals surface area contributed by atoms with Crippen LogP contribution in [0.3, 0.4) is 0 Å². The van der Waals surface area contributed by atoms with Crippen LogP contribution in [0, 0.1) is 17.3 Å². The quantitative estimate of drug-likeness (QED) is 0.172. The normalized spacial score (nSPS) is 19.8. The molecule has 4 aliphatic heterocycles. The molecule has 2 aromatic rings. The van der Waals surface area contributed by atoms with Gasteiger partial charge in [-0.15, -0.1) is 0 Å². The van der Waals surface area contributed by atoms with E-state index in [1.54, 1.807) is 51.7 Å². The monoisotopic (exact) mass is 897 g/mol. The van der Waals surface area contributed by atoms with Crippen molar-refractivity contribution in [3.8, 4) is 11.1 Å². The second kappa shape index (κ2) is 19.9. The second-order valence-electron chi connectivity index (χ2n) is 19.2. The van der Waals surface area contributed by atoms with Gasteiger partial charge in [-0.05, 0) is 74.1 Å². The molecule has 1 unspecified atom stereocenters. The summed E-state index contributed by atoms with van der Waals surface area (Å²) >= 11 is 0. The Morgan fingerprint density at radius 3 is 1.85 bits per heavy atom. The summed E-state index contributed by atoms with van der Waals surface area (Å²) in [7, 11) is 2.48. The molecule has 17 nitrogen and oxygen atoms in total. The molecule has 4 heterocycles. The Kier molecular flexibility index (Phi) is 14.7. The molecule has 3 fully saturated rings. The fourth-order valence-corrected chi connectivity index (χ4v) is 9.04. The summed E-state index contributed by atoms with van der Waals surface area (Å²) in [6, 6.07) is 12.4. The van der Waals surface area contributed by atoms with Crippen LogP contribution in [0.1, 0.15) is 90.1 Å². The largest absolute Gasteiger partial charge is 0.453 e. The maximum atomic E-state index is 14.0. The van der Waals surface area contributed by atoms with E-state index in [9.17, 15) is 33.6 Å². The van der Waals surface area contributed by atoms with Gasteiger partial charge in [0.15, 0.2) is 5.78 Å². The molecule has 0 aromatic heterocycles. The summed E-state index contributed by atoms with van der Waals surface area (Å²) in [6.45, 7) is 13.7. The highest BCUT2D eigenvalue weighted by Crippen LogP contribution is 2.44. The summed E-state index contributed by atoms with van der Waals surface area (Å²) in [5.41, 5.74) is 3.94. The Balaban J connectivity index is 1.05. The molecule has 3 N–H and O–H groups in total. The minimum atomic E-state index is -0.970. The molecule has 0 radical (unpaired) electrons. The standard InChI is InChI=1S/C48H63N7O10/c1-28(2)39(51-44(60)63-8)42(58)54-20-10-11-36(54)35-21-34(23-49-35)32-14-12-30(13-15-32)31-16-18-33(19-17-31)38(56)24-50-41(57)37-22-48(25-53(26-48)46(62)65-47(5,6)7)27-55(37)43(59)40(29(3)4)52-45(61)64-9/h12-19,23,28-29,36-37,39-40H,10-11,20-22,24-27H2,1-9H3,(H,50,57)(H,51,60)(H,52,61)/t36-,37?,39-,40-/m0/s1. The molecule has 0 aliphatic carbocycles. The van der Waals surface area contributed by atoms with Crippen LogP contribution in [0.4, 0.5) is 14.4 Å². The number of ether oxygens (including phenoxy) is 3. The zero-order chi connectivity index (χ0) is 47.4. The van der Waals surface area contributed by atoms with Crippen molar-refractivity contribution >= 4 is 53.1 Å². The van der Waals surface area contributed by atoms with Gasteiger partial charge in [0.1, 0.15) is 23.7 Å². The number of aliphatic imine (C=N–C) groups is 1. The number of rotatable bonds is 13. The van der Waals surface area contributed by atoms with E-state index in [-0.39, 0.29) is 62.2 Å². The van der Waals surface area contributed by atoms with Crippen LogP contribution in [-0.4, -0.2) is 139 Å². The summed E-state index contributed by atoms with van der Waals surface area (Å²) < 4.78 is 15.0. The summed E-state index contributed by atoms with van der Waals surface area (Å²) in [4.78, 5) is 101. The number of nitrogens with one attached hydrogen (secondary N) is 3. The maximum Gasteiger partial charge on any atom is 0.410 e. The second-order valence-corrected chi connectivity index (χ2v) is 19.2. The number of allylic oxidation sites excluding steroid dienone is 1. The number of amides is 6. The van der Waals surface area contributed by atoms with Gasteiger partial charge in [-0.3, -0.25) is 24.2 Å². The first-order valence-electron chi connectivity index (χ1n) is 22.3. The number of benzene rings is 2. The molecule has 6 rings (SSSR count). The molecule has 17 heteroatoms. The number of hydrogen-bond donors (Lipinski definition) is 3. The van der Waals surface area contributed by atoms with E-state index in [1.165, 1.54) is 19.1 Å². The molecule has 4 aliphatic rings. The molecule has 3 saturated heterocycles.